The van der Waals surface area contributed by atoms with Crippen LogP contribution in [0.25, 0.3) is 0 Å². The first-order valence-corrected chi connectivity index (χ1v) is 6.53. The van der Waals surface area contributed by atoms with Crippen molar-refractivity contribution in [3.8, 4) is 5.75 Å². The maximum Gasteiger partial charge on any atom is 0.321 e. The molecule has 1 N–H and O–H groups in total. The van der Waals surface area contributed by atoms with Crippen LogP contribution in [0.2, 0.25) is 0 Å². The summed E-state index contributed by atoms with van der Waals surface area (Å²) in [5.74, 6) is 1.82. The van der Waals surface area contributed by atoms with Gasteiger partial charge in [0.2, 0.25) is 0 Å². The fourth-order valence-electron chi connectivity index (χ4n) is 2.20. The van der Waals surface area contributed by atoms with Gasteiger partial charge in [-0.05, 0) is 31.9 Å². The lowest BCUT2D eigenvalue weighted by Gasteiger charge is -2.22. The van der Waals surface area contributed by atoms with E-state index in [1.165, 1.54) is 5.56 Å². The Balaban J connectivity index is 1.76. The Morgan fingerprint density at radius 3 is 3.00 bits per heavy atom. The maximum absolute atomic E-state index is 5.74. The molecule has 0 fully saturated rings. The summed E-state index contributed by atoms with van der Waals surface area (Å²) in [6, 6.07) is 8.83. The van der Waals surface area contributed by atoms with Gasteiger partial charge in [-0.1, -0.05) is 23.4 Å². The lowest BCUT2D eigenvalue weighted by Crippen LogP contribution is -2.20. The smallest absolute Gasteiger partial charge is 0.321 e. The molecule has 1 aliphatic rings. The average molecular weight is 259 g/mol. The summed E-state index contributed by atoms with van der Waals surface area (Å²) < 4.78 is 10.9. The molecule has 0 saturated carbocycles. The van der Waals surface area contributed by atoms with Crippen molar-refractivity contribution in [3.63, 3.8) is 0 Å². The van der Waals surface area contributed by atoms with Gasteiger partial charge in [0.05, 0.1) is 12.5 Å². The number of rotatable bonds is 3. The van der Waals surface area contributed by atoms with Crippen LogP contribution in [-0.2, 0) is 6.42 Å². The van der Waals surface area contributed by atoms with Gasteiger partial charge < -0.3 is 14.6 Å². The van der Waals surface area contributed by atoms with E-state index in [2.05, 4.69) is 21.5 Å². The normalized spacial score (nSPS) is 17.9. The second-order valence-corrected chi connectivity index (χ2v) is 5.08. The van der Waals surface area contributed by atoms with Crippen molar-refractivity contribution < 1.29 is 9.26 Å². The number of hydrogen-bond donors (Lipinski definition) is 1. The van der Waals surface area contributed by atoms with Gasteiger partial charge in [0.15, 0.2) is 5.82 Å². The van der Waals surface area contributed by atoms with E-state index in [-0.39, 0.29) is 12.0 Å². The van der Waals surface area contributed by atoms with Crippen LogP contribution in [0.4, 0.5) is 6.01 Å². The quantitative estimate of drug-likeness (QED) is 0.918. The number of aromatic nitrogens is 2. The summed E-state index contributed by atoms with van der Waals surface area (Å²) in [5.41, 5.74) is 1.20. The molecule has 5 nitrogen and oxygen atoms in total. The largest absolute Gasteiger partial charge is 0.493 e. The first-order valence-electron chi connectivity index (χ1n) is 6.53. The van der Waals surface area contributed by atoms with Crippen LogP contribution in [0.3, 0.4) is 0 Å². The third kappa shape index (κ3) is 2.54. The van der Waals surface area contributed by atoms with E-state index in [4.69, 9.17) is 9.26 Å². The Kier molecular flexibility index (Phi) is 3.11. The van der Waals surface area contributed by atoms with Crippen molar-refractivity contribution in [3.05, 3.63) is 35.7 Å². The van der Waals surface area contributed by atoms with E-state index in [0.29, 0.717) is 18.4 Å². The van der Waals surface area contributed by atoms with E-state index >= 15 is 0 Å². The topological polar surface area (TPSA) is 60.2 Å². The second kappa shape index (κ2) is 4.91. The number of anilines is 1. The molecule has 1 atom stereocenters. The summed E-state index contributed by atoms with van der Waals surface area (Å²) in [6.07, 6.45) is 0.886. The predicted molar refractivity (Wildman–Crippen MR) is 71.4 cm³/mol. The molecule has 0 saturated heterocycles. The van der Waals surface area contributed by atoms with Crippen LogP contribution in [0, 0.1) is 0 Å². The zero-order chi connectivity index (χ0) is 13.2. The summed E-state index contributed by atoms with van der Waals surface area (Å²) in [7, 11) is 0. The molecule has 5 heteroatoms. The molecular weight excluding hydrogens is 242 g/mol. The number of para-hydroxylation sites is 1. The Morgan fingerprint density at radius 1 is 1.32 bits per heavy atom. The lowest BCUT2D eigenvalue weighted by molar-refractivity contribution is 0.254. The van der Waals surface area contributed by atoms with Crippen LogP contribution < -0.4 is 10.1 Å². The highest BCUT2D eigenvalue weighted by molar-refractivity contribution is 5.36. The maximum atomic E-state index is 5.74. The van der Waals surface area contributed by atoms with E-state index in [1.807, 2.05) is 32.0 Å². The van der Waals surface area contributed by atoms with Gasteiger partial charge in [-0.2, -0.15) is 4.98 Å². The van der Waals surface area contributed by atoms with Crippen molar-refractivity contribution >= 4 is 6.01 Å². The molecule has 0 aliphatic carbocycles. The van der Waals surface area contributed by atoms with Crippen LogP contribution >= 0.6 is 0 Å². The fraction of sp³-hybridized carbons (Fsp3) is 0.429. The van der Waals surface area contributed by atoms with Crippen molar-refractivity contribution in [1.82, 2.24) is 10.1 Å². The first-order chi connectivity index (χ1) is 9.22. The highest BCUT2D eigenvalue weighted by atomic mass is 16.5. The third-order valence-corrected chi connectivity index (χ3v) is 3.10. The van der Waals surface area contributed by atoms with Gasteiger partial charge in [0.1, 0.15) is 5.75 Å². The molecule has 0 radical (unpaired) electrons. The summed E-state index contributed by atoms with van der Waals surface area (Å²) >= 11 is 0. The third-order valence-electron chi connectivity index (χ3n) is 3.10. The zero-order valence-electron chi connectivity index (χ0n) is 11.1. The summed E-state index contributed by atoms with van der Waals surface area (Å²) in [4.78, 5) is 4.38. The molecule has 1 aromatic carbocycles. The van der Waals surface area contributed by atoms with Crippen LogP contribution in [0.1, 0.15) is 31.2 Å². The summed E-state index contributed by atoms with van der Waals surface area (Å²) in [6.45, 7) is 4.66. The monoisotopic (exact) mass is 259 g/mol. The minimum absolute atomic E-state index is 0.154. The van der Waals surface area contributed by atoms with E-state index in [1.54, 1.807) is 0 Å². The minimum Gasteiger partial charge on any atom is -0.493 e. The molecule has 100 valence electrons. The molecule has 1 unspecified atom stereocenters. The molecule has 2 aromatic rings. The van der Waals surface area contributed by atoms with Gasteiger partial charge in [-0.25, -0.2) is 0 Å². The van der Waals surface area contributed by atoms with Gasteiger partial charge in [0.25, 0.3) is 0 Å². The average Bonchev–Trinajstić information content (AvgIpc) is 2.86. The summed E-state index contributed by atoms with van der Waals surface area (Å²) in [5, 5.41) is 7.14. The first kappa shape index (κ1) is 12.0. The van der Waals surface area contributed by atoms with Crippen molar-refractivity contribution in [2.45, 2.75) is 32.2 Å². The number of nitrogens with zero attached hydrogens (tertiary/aromatic N) is 2. The van der Waals surface area contributed by atoms with Crippen LogP contribution in [0.5, 0.6) is 5.75 Å². The van der Waals surface area contributed by atoms with Gasteiger partial charge in [-0.3, -0.25) is 0 Å². The molecule has 3 rings (SSSR count). The van der Waals surface area contributed by atoms with Crippen molar-refractivity contribution in [2.75, 3.05) is 11.9 Å². The predicted octanol–water partition coefficient (Wildman–Crippen LogP) is 2.61. The number of nitrogens with one attached hydrogen (secondary N) is 1. The number of fused-ring (bicyclic) bond motifs is 1. The second-order valence-electron chi connectivity index (χ2n) is 5.08. The number of benzene rings is 1. The van der Waals surface area contributed by atoms with Gasteiger partial charge in [-0.15, -0.1) is 0 Å². The molecule has 1 aliphatic heterocycles. The van der Waals surface area contributed by atoms with Crippen molar-refractivity contribution in [2.24, 2.45) is 0 Å². The Hall–Kier alpha value is -2.04. The van der Waals surface area contributed by atoms with E-state index < -0.39 is 0 Å². The molecule has 0 bridgehead atoms. The van der Waals surface area contributed by atoms with Gasteiger partial charge in [0, 0.05) is 6.04 Å². The molecule has 0 amide bonds. The Bertz CT molecular complexity index is 565. The molecular formula is C14H17N3O2. The highest BCUT2D eigenvalue weighted by Crippen LogP contribution is 2.31. The van der Waals surface area contributed by atoms with Crippen molar-refractivity contribution in [1.29, 1.82) is 0 Å². The molecule has 0 spiro atoms. The zero-order valence-corrected chi connectivity index (χ0v) is 11.1. The standard InChI is InChI=1S/C14H17N3O2/c1-9(2)15-14-16-13(17-19-14)11-7-10-5-3-4-6-12(10)18-8-11/h3-6,9,11H,7-8H2,1-2H3,(H,15,16,17). The van der Waals surface area contributed by atoms with E-state index in [0.717, 1.165) is 12.2 Å². The number of hydrogen-bond acceptors (Lipinski definition) is 5. The Labute approximate surface area is 112 Å². The van der Waals surface area contributed by atoms with E-state index in [9.17, 15) is 0 Å². The van der Waals surface area contributed by atoms with Gasteiger partial charge >= 0.3 is 6.01 Å². The lowest BCUT2D eigenvalue weighted by atomic mass is 9.96. The molecule has 2 heterocycles. The van der Waals surface area contributed by atoms with Crippen LogP contribution in [0.15, 0.2) is 28.8 Å². The fourth-order valence-corrected chi connectivity index (χ4v) is 2.20. The Morgan fingerprint density at radius 2 is 2.16 bits per heavy atom. The molecule has 1 aromatic heterocycles. The van der Waals surface area contributed by atoms with Crippen LogP contribution in [-0.4, -0.2) is 22.8 Å². The SMILES string of the molecule is CC(C)Nc1nc(C2COc3ccccc3C2)no1. The highest BCUT2D eigenvalue weighted by Gasteiger charge is 2.25. The molecule has 19 heavy (non-hydrogen) atoms. The minimum atomic E-state index is 0.154. The number of ether oxygens (including phenoxy) is 1.